The lowest BCUT2D eigenvalue weighted by Gasteiger charge is -2.28. The van der Waals surface area contributed by atoms with Crippen molar-refractivity contribution in [1.29, 1.82) is 0 Å². The van der Waals surface area contributed by atoms with Crippen molar-refractivity contribution in [3.63, 3.8) is 0 Å². The van der Waals surface area contributed by atoms with Crippen molar-refractivity contribution < 1.29 is 29.0 Å². The van der Waals surface area contributed by atoms with E-state index in [-0.39, 0.29) is 11.8 Å². The van der Waals surface area contributed by atoms with Gasteiger partial charge in [-0.2, -0.15) is 0 Å². The van der Waals surface area contributed by atoms with Crippen LogP contribution >= 0.6 is 0 Å². The number of ether oxygens (including phenoxy) is 2. The zero-order valence-corrected chi connectivity index (χ0v) is 22.5. The van der Waals surface area contributed by atoms with Gasteiger partial charge in [0.1, 0.15) is 11.8 Å². The first-order valence-corrected chi connectivity index (χ1v) is 13.0. The molecule has 0 saturated carbocycles. The van der Waals surface area contributed by atoms with Crippen LogP contribution in [0.2, 0.25) is 0 Å². The maximum absolute atomic E-state index is 12.7. The van der Waals surface area contributed by atoms with Crippen molar-refractivity contribution in [3.05, 3.63) is 95.1 Å². The van der Waals surface area contributed by atoms with Gasteiger partial charge in [-0.25, -0.2) is 9.59 Å². The molecule has 8 nitrogen and oxygen atoms in total. The predicted octanol–water partition coefficient (Wildman–Crippen LogP) is 4.47. The Morgan fingerprint density at radius 2 is 1.49 bits per heavy atom. The first kappa shape index (κ1) is 27.9. The third-order valence-corrected chi connectivity index (χ3v) is 6.67. The largest absolute Gasteiger partial charge is 0.480 e. The maximum Gasteiger partial charge on any atom is 0.343 e. The summed E-state index contributed by atoms with van der Waals surface area (Å²) in [6.45, 7) is 9.24. The van der Waals surface area contributed by atoms with Crippen molar-refractivity contribution in [2.24, 2.45) is 0 Å². The second-order valence-corrected chi connectivity index (χ2v) is 10.6. The molecule has 0 spiro atoms. The number of rotatable bonds is 8. The molecule has 1 amide bonds. The third kappa shape index (κ3) is 7.45. The fraction of sp³-hybridized carbons (Fsp3) is 0.323. The van der Waals surface area contributed by atoms with Gasteiger partial charge in [-0.05, 0) is 65.1 Å². The zero-order valence-electron chi connectivity index (χ0n) is 22.5. The number of benzene rings is 3. The fourth-order valence-corrected chi connectivity index (χ4v) is 4.29. The van der Waals surface area contributed by atoms with Crippen LogP contribution in [0.1, 0.15) is 52.6 Å². The highest BCUT2D eigenvalue weighted by Crippen LogP contribution is 2.23. The molecule has 4 rings (SSSR count). The Labute approximate surface area is 228 Å². The Hall–Kier alpha value is -4.17. The van der Waals surface area contributed by atoms with Crippen LogP contribution in [0.3, 0.4) is 0 Å². The number of morpholine rings is 1. The SMILES string of the molecule is CC(C)(C)c1ccc(C(=O)N[C@@H](Cc2ccc(OC(=O)c3ccc(N4CCOCC4)cc3)cc2)C(=O)O)cc1. The number of amides is 1. The number of anilines is 1. The van der Waals surface area contributed by atoms with E-state index in [2.05, 4.69) is 31.0 Å². The number of aliphatic carboxylic acids is 1. The molecule has 1 saturated heterocycles. The van der Waals surface area contributed by atoms with Crippen molar-refractivity contribution >= 4 is 23.5 Å². The smallest absolute Gasteiger partial charge is 0.343 e. The Kier molecular flexibility index (Phi) is 8.66. The molecule has 1 fully saturated rings. The summed E-state index contributed by atoms with van der Waals surface area (Å²) in [6.07, 6.45) is 0.0817. The number of hydrogen-bond donors (Lipinski definition) is 2. The molecule has 8 heteroatoms. The molecule has 0 unspecified atom stereocenters. The van der Waals surface area contributed by atoms with E-state index in [0.717, 1.165) is 24.3 Å². The van der Waals surface area contributed by atoms with Crippen LogP contribution < -0.4 is 15.0 Å². The molecule has 0 aromatic heterocycles. The van der Waals surface area contributed by atoms with E-state index in [0.29, 0.717) is 35.7 Å². The maximum atomic E-state index is 12.7. The minimum absolute atomic E-state index is 0.0488. The monoisotopic (exact) mass is 530 g/mol. The molecule has 0 bridgehead atoms. The normalized spacial score (nSPS) is 14.4. The lowest BCUT2D eigenvalue weighted by molar-refractivity contribution is -0.139. The van der Waals surface area contributed by atoms with Gasteiger partial charge in [-0.3, -0.25) is 4.79 Å². The molecule has 39 heavy (non-hydrogen) atoms. The van der Waals surface area contributed by atoms with Crippen LogP contribution in [-0.4, -0.2) is 55.3 Å². The topological polar surface area (TPSA) is 105 Å². The Morgan fingerprint density at radius 3 is 2.05 bits per heavy atom. The average Bonchev–Trinajstić information content (AvgIpc) is 2.93. The standard InChI is InChI=1S/C31H34N2O6/c1-31(2,3)24-10-6-22(7-11-24)28(34)32-27(29(35)36)20-21-4-14-26(15-5-21)39-30(37)23-8-12-25(13-9-23)33-16-18-38-19-17-33/h4-15,27H,16-20H2,1-3H3,(H,32,34)(H,35,36)/t27-/m0/s1. The van der Waals surface area contributed by atoms with Gasteiger partial charge in [-0.1, -0.05) is 45.0 Å². The van der Waals surface area contributed by atoms with E-state index < -0.39 is 23.9 Å². The Morgan fingerprint density at radius 1 is 0.897 bits per heavy atom. The number of esters is 1. The molecule has 3 aromatic carbocycles. The van der Waals surface area contributed by atoms with E-state index in [9.17, 15) is 19.5 Å². The van der Waals surface area contributed by atoms with Gasteiger partial charge in [0.15, 0.2) is 0 Å². The molecule has 1 aliphatic heterocycles. The van der Waals surface area contributed by atoms with Gasteiger partial charge in [-0.15, -0.1) is 0 Å². The Bertz CT molecular complexity index is 1290. The van der Waals surface area contributed by atoms with Crippen molar-refractivity contribution in [2.75, 3.05) is 31.2 Å². The van der Waals surface area contributed by atoms with Crippen molar-refractivity contribution in [3.8, 4) is 5.75 Å². The Balaban J connectivity index is 1.33. The van der Waals surface area contributed by atoms with E-state index in [1.807, 2.05) is 24.3 Å². The molecule has 0 aliphatic carbocycles. The second-order valence-electron chi connectivity index (χ2n) is 10.6. The highest BCUT2D eigenvalue weighted by Gasteiger charge is 2.22. The number of carbonyl (C=O) groups excluding carboxylic acids is 2. The highest BCUT2D eigenvalue weighted by atomic mass is 16.5. The average molecular weight is 531 g/mol. The second kappa shape index (κ2) is 12.1. The molecule has 1 heterocycles. The van der Waals surface area contributed by atoms with Crippen molar-refractivity contribution in [2.45, 2.75) is 38.6 Å². The number of hydrogen-bond acceptors (Lipinski definition) is 6. The summed E-state index contributed by atoms with van der Waals surface area (Å²) in [5, 5.41) is 12.3. The minimum atomic E-state index is -1.13. The lowest BCUT2D eigenvalue weighted by atomic mass is 9.86. The van der Waals surface area contributed by atoms with Gasteiger partial charge in [0, 0.05) is 30.8 Å². The van der Waals surface area contributed by atoms with Gasteiger partial charge in [0.25, 0.3) is 5.91 Å². The van der Waals surface area contributed by atoms with Crippen LogP contribution in [0, 0.1) is 0 Å². The summed E-state index contributed by atoms with van der Waals surface area (Å²) in [7, 11) is 0. The number of nitrogens with zero attached hydrogens (tertiary/aromatic N) is 1. The van der Waals surface area contributed by atoms with Gasteiger partial charge >= 0.3 is 11.9 Å². The minimum Gasteiger partial charge on any atom is -0.480 e. The fourth-order valence-electron chi connectivity index (χ4n) is 4.29. The lowest BCUT2D eigenvalue weighted by Crippen LogP contribution is -2.42. The van der Waals surface area contributed by atoms with Crippen LogP contribution in [-0.2, 0) is 21.4 Å². The molecule has 1 atom stereocenters. The van der Waals surface area contributed by atoms with Crippen LogP contribution in [0.5, 0.6) is 5.75 Å². The number of carboxylic acid groups (broad SMARTS) is 1. The van der Waals surface area contributed by atoms with E-state index in [1.54, 1.807) is 48.5 Å². The zero-order chi connectivity index (χ0) is 28.0. The van der Waals surface area contributed by atoms with Crippen LogP contribution in [0.15, 0.2) is 72.8 Å². The summed E-state index contributed by atoms with van der Waals surface area (Å²) in [5.74, 6) is -1.72. The highest BCUT2D eigenvalue weighted by molar-refractivity contribution is 5.96. The predicted molar refractivity (Wildman–Crippen MR) is 149 cm³/mol. The first-order chi connectivity index (χ1) is 18.6. The van der Waals surface area contributed by atoms with Crippen LogP contribution in [0.4, 0.5) is 5.69 Å². The molecule has 1 aliphatic rings. The van der Waals surface area contributed by atoms with Crippen molar-refractivity contribution in [1.82, 2.24) is 5.32 Å². The number of carboxylic acids is 1. The molecular formula is C31H34N2O6. The van der Waals surface area contributed by atoms with Gasteiger partial charge in [0.05, 0.1) is 18.8 Å². The number of nitrogens with one attached hydrogen (secondary N) is 1. The summed E-state index contributed by atoms with van der Waals surface area (Å²) in [5.41, 5.74) is 3.57. The van der Waals surface area contributed by atoms with Gasteiger partial charge < -0.3 is 24.8 Å². The number of carbonyl (C=O) groups is 3. The third-order valence-electron chi connectivity index (χ3n) is 6.67. The molecule has 2 N–H and O–H groups in total. The summed E-state index contributed by atoms with van der Waals surface area (Å²) >= 11 is 0. The first-order valence-electron chi connectivity index (χ1n) is 13.0. The van der Waals surface area contributed by atoms with E-state index >= 15 is 0 Å². The summed E-state index contributed by atoms with van der Waals surface area (Å²) in [6, 6.07) is 19.9. The quantitative estimate of drug-likeness (QED) is 0.327. The van der Waals surface area contributed by atoms with E-state index in [1.165, 1.54) is 0 Å². The molecule has 0 radical (unpaired) electrons. The summed E-state index contributed by atoms with van der Waals surface area (Å²) < 4.78 is 10.9. The molecule has 204 valence electrons. The molecule has 3 aromatic rings. The summed E-state index contributed by atoms with van der Waals surface area (Å²) in [4.78, 5) is 39.4. The van der Waals surface area contributed by atoms with E-state index in [4.69, 9.17) is 9.47 Å². The van der Waals surface area contributed by atoms with Gasteiger partial charge in [0.2, 0.25) is 0 Å². The van der Waals surface area contributed by atoms with Crippen LogP contribution in [0.25, 0.3) is 0 Å². The molecular weight excluding hydrogens is 496 g/mol.